The first-order chi connectivity index (χ1) is 8.42. The lowest BCUT2D eigenvalue weighted by atomic mass is 9.97. The highest BCUT2D eigenvalue weighted by atomic mass is 16.5. The van der Waals surface area contributed by atoms with Gasteiger partial charge in [0.15, 0.2) is 0 Å². The molecular formula is C14H27N3O. The van der Waals surface area contributed by atoms with Crippen LogP contribution in [0.1, 0.15) is 39.8 Å². The molecule has 1 aromatic heterocycles. The summed E-state index contributed by atoms with van der Waals surface area (Å²) in [6.45, 7) is 14.2. The van der Waals surface area contributed by atoms with Gasteiger partial charge in [-0.05, 0) is 25.7 Å². The van der Waals surface area contributed by atoms with E-state index in [1.165, 1.54) is 0 Å². The zero-order chi connectivity index (χ0) is 13.6. The molecule has 1 aromatic rings. The molecule has 0 aliphatic carbocycles. The van der Waals surface area contributed by atoms with E-state index in [2.05, 4.69) is 41.8 Å². The summed E-state index contributed by atoms with van der Waals surface area (Å²) in [4.78, 5) is 4.52. The van der Waals surface area contributed by atoms with E-state index in [1.807, 2.05) is 13.8 Å². The zero-order valence-corrected chi connectivity index (χ0v) is 12.4. The molecule has 104 valence electrons. The van der Waals surface area contributed by atoms with Gasteiger partial charge in [0.2, 0.25) is 5.95 Å². The zero-order valence-electron chi connectivity index (χ0n) is 12.4. The molecule has 0 atom stereocenters. The van der Waals surface area contributed by atoms with Crippen molar-refractivity contribution >= 4 is 5.95 Å². The Balaban J connectivity index is 2.51. The smallest absolute Gasteiger partial charge is 0.203 e. The van der Waals surface area contributed by atoms with Crippen molar-refractivity contribution < 1.29 is 4.74 Å². The van der Waals surface area contributed by atoms with Crippen LogP contribution in [0.5, 0.6) is 0 Å². The highest BCUT2D eigenvalue weighted by Gasteiger charge is 2.12. The van der Waals surface area contributed by atoms with Crippen molar-refractivity contribution in [2.75, 3.05) is 25.1 Å². The van der Waals surface area contributed by atoms with Gasteiger partial charge in [-0.25, -0.2) is 4.98 Å². The molecule has 0 fully saturated rings. The molecule has 18 heavy (non-hydrogen) atoms. The maximum Gasteiger partial charge on any atom is 0.203 e. The van der Waals surface area contributed by atoms with Crippen LogP contribution in [0.15, 0.2) is 6.20 Å². The lowest BCUT2D eigenvalue weighted by Gasteiger charge is -2.19. The van der Waals surface area contributed by atoms with Crippen molar-refractivity contribution in [3.63, 3.8) is 0 Å². The average molecular weight is 253 g/mol. The maximum absolute atomic E-state index is 5.36. The summed E-state index contributed by atoms with van der Waals surface area (Å²) in [5.41, 5.74) is 1.32. The first-order valence-corrected chi connectivity index (χ1v) is 6.78. The van der Waals surface area contributed by atoms with Crippen molar-refractivity contribution in [1.82, 2.24) is 9.55 Å². The standard InChI is InChI=1S/C14H27N3O/c1-6-18-9-7-8-17-10-12(2)16-13(17)15-11-14(3,4)5/h10H,6-9,11H2,1-5H3,(H,15,16). The Morgan fingerprint density at radius 3 is 2.72 bits per heavy atom. The molecule has 0 aliphatic rings. The Morgan fingerprint density at radius 2 is 2.11 bits per heavy atom. The lowest BCUT2D eigenvalue weighted by molar-refractivity contribution is 0.142. The molecule has 1 rings (SSSR count). The fourth-order valence-corrected chi connectivity index (χ4v) is 1.68. The normalized spacial score (nSPS) is 11.8. The minimum atomic E-state index is 0.260. The van der Waals surface area contributed by atoms with Crippen LogP contribution in [-0.2, 0) is 11.3 Å². The Morgan fingerprint density at radius 1 is 1.39 bits per heavy atom. The van der Waals surface area contributed by atoms with Gasteiger partial charge >= 0.3 is 0 Å². The third-order valence-electron chi connectivity index (χ3n) is 2.57. The van der Waals surface area contributed by atoms with Crippen LogP contribution >= 0.6 is 0 Å². The highest BCUT2D eigenvalue weighted by Crippen LogP contribution is 2.15. The number of aryl methyl sites for hydroxylation is 2. The number of aromatic nitrogens is 2. The van der Waals surface area contributed by atoms with Crippen LogP contribution in [0.4, 0.5) is 5.95 Å². The predicted molar refractivity (Wildman–Crippen MR) is 76.0 cm³/mol. The highest BCUT2D eigenvalue weighted by molar-refractivity contribution is 5.29. The monoisotopic (exact) mass is 253 g/mol. The number of anilines is 1. The number of hydrogen-bond acceptors (Lipinski definition) is 3. The van der Waals surface area contributed by atoms with E-state index < -0.39 is 0 Å². The van der Waals surface area contributed by atoms with E-state index in [1.54, 1.807) is 0 Å². The number of hydrogen-bond donors (Lipinski definition) is 1. The topological polar surface area (TPSA) is 39.1 Å². The Hall–Kier alpha value is -1.03. The molecule has 1 heterocycles. The number of ether oxygens (including phenoxy) is 1. The van der Waals surface area contributed by atoms with Crippen LogP contribution in [-0.4, -0.2) is 29.3 Å². The summed E-state index contributed by atoms with van der Waals surface area (Å²) in [6, 6.07) is 0. The van der Waals surface area contributed by atoms with Gasteiger partial charge in [-0.2, -0.15) is 0 Å². The van der Waals surface area contributed by atoms with Gasteiger partial charge in [0, 0.05) is 32.5 Å². The molecule has 4 nitrogen and oxygen atoms in total. The van der Waals surface area contributed by atoms with Crippen molar-refractivity contribution in [3.8, 4) is 0 Å². The van der Waals surface area contributed by atoms with Gasteiger partial charge < -0.3 is 14.6 Å². The molecule has 0 saturated carbocycles. The van der Waals surface area contributed by atoms with Gasteiger partial charge in [0.05, 0.1) is 5.69 Å². The Kier molecular flexibility index (Phi) is 5.66. The summed E-state index contributed by atoms with van der Waals surface area (Å²) in [5, 5.41) is 3.43. The molecule has 0 spiro atoms. The van der Waals surface area contributed by atoms with Crippen LogP contribution in [0.25, 0.3) is 0 Å². The summed E-state index contributed by atoms with van der Waals surface area (Å²) < 4.78 is 7.54. The second kappa shape index (κ2) is 6.78. The summed E-state index contributed by atoms with van der Waals surface area (Å²) in [5.74, 6) is 0.971. The van der Waals surface area contributed by atoms with Crippen molar-refractivity contribution in [3.05, 3.63) is 11.9 Å². The third-order valence-corrected chi connectivity index (χ3v) is 2.57. The second-order valence-electron chi connectivity index (χ2n) is 5.86. The molecule has 0 saturated heterocycles. The minimum absolute atomic E-state index is 0.260. The maximum atomic E-state index is 5.36. The predicted octanol–water partition coefficient (Wildman–Crippen LogP) is 3.08. The van der Waals surface area contributed by atoms with E-state index in [0.717, 1.165) is 44.4 Å². The van der Waals surface area contributed by atoms with Crippen LogP contribution in [0.3, 0.4) is 0 Å². The van der Waals surface area contributed by atoms with Crippen molar-refractivity contribution in [1.29, 1.82) is 0 Å². The van der Waals surface area contributed by atoms with Crippen LogP contribution in [0, 0.1) is 12.3 Å². The largest absolute Gasteiger partial charge is 0.382 e. The van der Waals surface area contributed by atoms with E-state index in [4.69, 9.17) is 4.74 Å². The fraction of sp³-hybridized carbons (Fsp3) is 0.786. The molecule has 0 amide bonds. The SMILES string of the molecule is CCOCCCn1cc(C)nc1NCC(C)(C)C. The number of nitrogens with one attached hydrogen (secondary N) is 1. The molecule has 0 unspecified atom stereocenters. The van der Waals surface area contributed by atoms with Crippen molar-refractivity contribution in [2.45, 2.75) is 47.6 Å². The quantitative estimate of drug-likeness (QED) is 0.759. The van der Waals surface area contributed by atoms with Gasteiger partial charge in [-0.15, -0.1) is 0 Å². The number of rotatable bonds is 7. The van der Waals surface area contributed by atoms with E-state index in [-0.39, 0.29) is 5.41 Å². The minimum Gasteiger partial charge on any atom is -0.382 e. The van der Waals surface area contributed by atoms with Gasteiger partial charge in [0.1, 0.15) is 0 Å². The summed E-state index contributed by atoms with van der Waals surface area (Å²) in [6.07, 6.45) is 3.12. The molecule has 0 bridgehead atoms. The Bertz CT molecular complexity index is 352. The average Bonchev–Trinajstić information content (AvgIpc) is 2.62. The van der Waals surface area contributed by atoms with Gasteiger partial charge in [-0.1, -0.05) is 20.8 Å². The molecule has 4 heteroatoms. The molecule has 0 aromatic carbocycles. The van der Waals surface area contributed by atoms with E-state index in [0.29, 0.717) is 0 Å². The van der Waals surface area contributed by atoms with Gasteiger partial charge in [-0.3, -0.25) is 0 Å². The Labute approximate surface area is 111 Å². The van der Waals surface area contributed by atoms with Crippen LogP contribution in [0.2, 0.25) is 0 Å². The van der Waals surface area contributed by atoms with Crippen molar-refractivity contribution in [2.24, 2.45) is 5.41 Å². The number of imidazole rings is 1. The summed E-state index contributed by atoms with van der Waals surface area (Å²) in [7, 11) is 0. The first kappa shape index (κ1) is 15.0. The molecule has 1 N–H and O–H groups in total. The first-order valence-electron chi connectivity index (χ1n) is 6.78. The van der Waals surface area contributed by atoms with Crippen LogP contribution < -0.4 is 5.32 Å². The lowest BCUT2D eigenvalue weighted by Crippen LogP contribution is -2.21. The second-order valence-corrected chi connectivity index (χ2v) is 5.86. The number of nitrogens with zero attached hydrogens (tertiary/aromatic N) is 2. The summed E-state index contributed by atoms with van der Waals surface area (Å²) >= 11 is 0. The van der Waals surface area contributed by atoms with E-state index in [9.17, 15) is 0 Å². The van der Waals surface area contributed by atoms with E-state index >= 15 is 0 Å². The third kappa shape index (κ3) is 5.54. The molecule has 0 radical (unpaired) electrons. The molecular weight excluding hydrogens is 226 g/mol. The fourth-order valence-electron chi connectivity index (χ4n) is 1.68. The van der Waals surface area contributed by atoms with Gasteiger partial charge in [0.25, 0.3) is 0 Å². The molecule has 0 aliphatic heterocycles.